The van der Waals surface area contributed by atoms with Gasteiger partial charge in [0, 0.05) is 30.3 Å². The summed E-state index contributed by atoms with van der Waals surface area (Å²) in [6.07, 6.45) is 0.147. The third kappa shape index (κ3) is 5.74. The number of guanidine groups is 1. The number of nitrogens with zero attached hydrogens (tertiary/aromatic N) is 3. The van der Waals surface area contributed by atoms with Gasteiger partial charge in [-0.25, -0.2) is 4.99 Å². The fourth-order valence-electron chi connectivity index (χ4n) is 3.21. The van der Waals surface area contributed by atoms with E-state index in [0.29, 0.717) is 17.0 Å². The average Bonchev–Trinajstić information content (AvgIpc) is 2.75. The maximum atomic E-state index is 12.4. The number of ketones is 1. The lowest BCUT2D eigenvalue weighted by Crippen LogP contribution is -2.52. The van der Waals surface area contributed by atoms with E-state index in [0.717, 1.165) is 0 Å². The number of nitrogens with one attached hydrogen (secondary N) is 2. The van der Waals surface area contributed by atoms with Crippen LogP contribution < -0.4 is 16.4 Å². The van der Waals surface area contributed by atoms with Gasteiger partial charge in [0.15, 0.2) is 24.0 Å². The van der Waals surface area contributed by atoms with Crippen LogP contribution in [0.1, 0.15) is 29.6 Å². The second-order valence-electron chi connectivity index (χ2n) is 7.29. The molecule has 0 radical (unpaired) electrons. The largest absolute Gasteiger partial charge is 0.481 e. The molecule has 1 amide bonds. The summed E-state index contributed by atoms with van der Waals surface area (Å²) >= 11 is 0. The standard InChI is InChI=1S/C20H22N6O6/c21-20-25-17-16(18(30)26-20)24-13(9-23-17)8-22-12-4-1-10(2-5-12)14(27)7-11(19(31)32)3-6-15(28)29/h1-2,4-5,9,11,16-17,22H,3,6-8H2,(H,28,29)(H,31,32)(H3,21,25,26,30)/t11-,16?,17?/m0/s1. The van der Waals surface area contributed by atoms with E-state index < -0.39 is 30.1 Å². The first-order valence-electron chi connectivity index (χ1n) is 9.78. The van der Waals surface area contributed by atoms with Gasteiger partial charge in [-0.05, 0) is 30.7 Å². The first kappa shape index (κ1) is 22.6. The molecule has 6 N–H and O–H groups in total. The number of hydrogen-bond donors (Lipinski definition) is 5. The fraction of sp³-hybridized carbons (Fsp3) is 0.350. The summed E-state index contributed by atoms with van der Waals surface area (Å²) in [6.45, 7) is 0.281. The normalized spacial score (nSPS) is 20.3. The molecule has 0 bridgehead atoms. The zero-order valence-electron chi connectivity index (χ0n) is 16.9. The Morgan fingerprint density at radius 2 is 1.88 bits per heavy atom. The molecule has 2 aliphatic rings. The molecule has 0 aliphatic carbocycles. The van der Waals surface area contributed by atoms with Crippen molar-refractivity contribution in [2.45, 2.75) is 31.5 Å². The van der Waals surface area contributed by atoms with Crippen molar-refractivity contribution in [1.82, 2.24) is 5.32 Å². The summed E-state index contributed by atoms with van der Waals surface area (Å²) in [5.41, 5.74) is 7.05. The minimum Gasteiger partial charge on any atom is -0.481 e. The molecule has 0 aromatic heterocycles. The van der Waals surface area contributed by atoms with E-state index in [9.17, 15) is 24.3 Å². The van der Waals surface area contributed by atoms with Gasteiger partial charge < -0.3 is 21.3 Å². The minimum absolute atomic E-state index is 0.0105. The number of Topliss-reactive ketones (excluding diaryl/α,β-unsaturated/α-hetero) is 1. The van der Waals surface area contributed by atoms with Crippen molar-refractivity contribution in [3.05, 3.63) is 29.8 Å². The Labute approximate surface area is 182 Å². The van der Waals surface area contributed by atoms with Crippen molar-refractivity contribution in [2.75, 3.05) is 11.9 Å². The number of nitrogens with two attached hydrogens (primary N) is 1. The average molecular weight is 442 g/mol. The monoisotopic (exact) mass is 442 g/mol. The fourth-order valence-corrected chi connectivity index (χ4v) is 3.21. The summed E-state index contributed by atoms with van der Waals surface area (Å²) in [7, 11) is 0. The summed E-state index contributed by atoms with van der Waals surface area (Å²) < 4.78 is 0. The lowest BCUT2D eigenvalue weighted by atomic mass is 9.94. The third-order valence-electron chi connectivity index (χ3n) is 4.92. The highest BCUT2D eigenvalue weighted by Gasteiger charge is 2.34. The van der Waals surface area contributed by atoms with Crippen molar-refractivity contribution in [2.24, 2.45) is 26.6 Å². The van der Waals surface area contributed by atoms with Crippen LogP contribution in [0.3, 0.4) is 0 Å². The van der Waals surface area contributed by atoms with E-state index in [2.05, 4.69) is 25.6 Å². The van der Waals surface area contributed by atoms with Gasteiger partial charge in [0.05, 0.1) is 18.2 Å². The van der Waals surface area contributed by atoms with Gasteiger partial charge in [0.25, 0.3) is 5.91 Å². The first-order chi connectivity index (χ1) is 15.2. The molecule has 1 aromatic carbocycles. The maximum Gasteiger partial charge on any atom is 0.306 e. The van der Waals surface area contributed by atoms with Gasteiger partial charge in [-0.2, -0.15) is 0 Å². The summed E-state index contributed by atoms with van der Waals surface area (Å²) in [5, 5.41) is 23.4. The number of hydrogen-bond acceptors (Lipinski definition) is 9. The number of carbonyl (C=O) groups excluding carboxylic acids is 2. The SMILES string of the molecule is NC1=NC2N=CC(CNc3ccc(C(=O)C[C@H](CCC(=O)O)C(=O)O)cc3)=NC2C(=O)N1. The summed E-state index contributed by atoms with van der Waals surface area (Å²) in [6, 6.07) is 5.65. The van der Waals surface area contributed by atoms with Crippen LogP contribution in [0.5, 0.6) is 0 Å². The van der Waals surface area contributed by atoms with Gasteiger partial charge in [0.1, 0.15) is 0 Å². The second-order valence-corrected chi connectivity index (χ2v) is 7.29. The van der Waals surface area contributed by atoms with Gasteiger partial charge in [0.2, 0.25) is 0 Å². The first-order valence-corrected chi connectivity index (χ1v) is 9.78. The number of benzene rings is 1. The van der Waals surface area contributed by atoms with Crippen molar-refractivity contribution in [3.8, 4) is 0 Å². The number of anilines is 1. The third-order valence-corrected chi connectivity index (χ3v) is 4.92. The molecule has 1 aromatic rings. The quantitative estimate of drug-likeness (QED) is 0.310. The van der Waals surface area contributed by atoms with Crippen molar-refractivity contribution in [3.63, 3.8) is 0 Å². The molecule has 32 heavy (non-hydrogen) atoms. The molecule has 3 rings (SSSR count). The van der Waals surface area contributed by atoms with E-state index in [1.165, 1.54) is 6.21 Å². The molecule has 3 atom stereocenters. The zero-order chi connectivity index (χ0) is 23.3. The number of aliphatic imine (C=N–C) groups is 3. The molecule has 0 spiro atoms. The molecule has 12 heteroatoms. The van der Waals surface area contributed by atoms with Crippen molar-refractivity contribution < 1.29 is 29.4 Å². The van der Waals surface area contributed by atoms with Crippen LogP contribution in [0.15, 0.2) is 39.2 Å². The lowest BCUT2D eigenvalue weighted by Gasteiger charge is -2.25. The van der Waals surface area contributed by atoms with Crippen LogP contribution in [-0.4, -0.2) is 70.5 Å². The van der Waals surface area contributed by atoms with Crippen molar-refractivity contribution in [1.29, 1.82) is 0 Å². The second kappa shape index (κ2) is 9.81. The predicted molar refractivity (Wildman–Crippen MR) is 115 cm³/mol. The predicted octanol–water partition coefficient (Wildman–Crippen LogP) is -0.0985. The molecule has 0 saturated carbocycles. The highest BCUT2D eigenvalue weighted by atomic mass is 16.4. The number of carbonyl (C=O) groups is 4. The van der Waals surface area contributed by atoms with Crippen LogP contribution in [0.2, 0.25) is 0 Å². The lowest BCUT2D eigenvalue weighted by molar-refractivity contribution is -0.142. The van der Waals surface area contributed by atoms with Crippen LogP contribution >= 0.6 is 0 Å². The van der Waals surface area contributed by atoms with Gasteiger partial charge in [-0.3, -0.25) is 34.5 Å². The number of amides is 1. The van der Waals surface area contributed by atoms with Gasteiger partial charge >= 0.3 is 11.9 Å². The Kier molecular flexibility index (Phi) is 6.93. The van der Waals surface area contributed by atoms with Crippen LogP contribution in [-0.2, 0) is 14.4 Å². The molecule has 168 valence electrons. The Bertz CT molecular complexity index is 1020. The van der Waals surface area contributed by atoms with Crippen LogP contribution in [0.4, 0.5) is 5.69 Å². The molecule has 0 fully saturated rings. The van der Waals surface area contributed by atoms with E-state index >= 15 is 0 Å². The van der Waals surface area contributed by atoms with E-state index in [-0.39, 0.29) is 43.5 Å². The maximum absolute atomic E-state index is 12.4. The summed E-state index contributed by atoms with van der Waals surface area (Å²) in [4.78, 5) is 58.9. The number of aliphatic carboxylic acids is 2. The van der Waals surface area contributed by atoms with Gasteiger partial charge in [-0.15, -0.1) is 0 Å². The zero-order valence-corrected chi connectivity index (χ0v) is 16.9. The molecular formula is C20H22N6O6. The minimum atomic E-state index is -1.20. The van der Waals surface area contributed by atoms with E-state index in [4.69, 9.17) is 10.8 Å². The van der Waals surface area contributed by atoms with E-state index in [1.54, 1.807) is 24.3 Å². The van der Waals surface area contributed by atoms with E-state index in [1.807, 2.05) is 0 Å². The summed E-state index contributed by atoms with van der Waals surface area (Å²) in [5.74, 6) is -4.11. The molecule has 2 unspecified atom stereocenters. The van der Waals surface area contributed by atoms with Crippen LogP contribution in [0.25, 0.3) is 0 Å². The number of fused-ring (bicyclic) bond motifs is 1. The highest BCUT2D eigenvalue weighted by molar-refractivity contribution is 6.33. The number of carboxylic acids is 2. The molecule has 2 aliphatic heterocycles. The van der Waals surface area contributed by atoms with Crippen molar-refractivity contribution >= 4 is 47.2 Å². The highest BCUT2D eigenvalue weighted by Crippen LogP contribution is 2.18. The topological polar surface area (TPSA) is 196 Å². The Morgan fingerprint density at radius 1 is 1.16 bits per heavy atom. The number of rotatable bonds is 10. The molecule has 12 nitrogen and oxygen atoms in total. The Hall–Kier alpha value is -4.09. The molecule has 2 heterocycles. The molecule has 0 saturated heterocycles. The van der Waals surface area contributed by atoms with Crippen LogP contribution in [0, 0.1) is 5.92 Å². The van der Waals surface area contributed by atoms with Gasteiger partial charge in [-0.1, -0.05) is 0 Å². The molecular weight excluding hydrogens is 420 g/mol. The Balaban J connectivity index is 1.56. The number of carboxylic acid groups (broad SMARTS) is 2. The smallest absolute Gasteiger partial charge is 0.306 e. The Morgan fingerprint density at radius 3 is 2.53 bits per heavy atom.